The number of unbranched alkanes of at least 4 members (excludes halogenated alkanes) is 7. The van der Waals surface area contributed by atoms with Crippen molar-refractivity contribution in [3.8, 4) is 0 Å². The van der Waals surface area contributed by atoms with Crippen LogP contribution in [0.3, 0.4) is 0 Å². The monoisotopic (exact) mass is 554 g/mol. The van der Waals surface area contributed by atoms with E-state index in [-0.39, 0.29) is 4.90 Å². The molecule has 0 amide bonds. The van der Waals surface area contributed by atoms with Gasteiger partial charge in [-0.1, -0.05) is 113 Å². The topological polar surface area (TPSA) is 69.7 Å². The summed E-state index contributed by atoms with van der Waals surface area (Å²) in [6.07, 6.45) is 18.3. The van der Waals surface area contributed by atoms with Crippen LogP contribution in [0.2, 0.25) is 0 Å². The molecule has 0 aromatic heterocycles. The number of benzene rings is 2. The Morgan fingerprint density at radius 2 is 1.44 bits per heavy atom. The van der Waals surface area contributed by atoms with Gasteiger partial charge in [-0.05, 0) is 63.3 Å². The Morgan fingerprint density at radius 1 is 0.795 bits per heavy atom. The normalized spacial score (nSPS) is 13.6. The van der Waals surface area contributed by atoms with Gasteiger partial charge in [-0.15, -0.1) is 0 Å². The Kier molecular flexibility index (Phi) is 15.5. The molecule has 0 heterocycles. The minimum Gasteiger partial charge on any atom is -0.456 e. The highest BCUT2D eigenvalue weighted by Gasteiger charge is 2.30. The minimum absolute atomic E-state index is 0.0830. The first kappa shape index (κ1) is 32.5. The van der Waals surface area contributed by atoms with Gasteiger partial charge in [0, 0.05) is 0 Å². The summed E-state index contributed by atoms with van der Waals surface area (Å²) in [4.78, 5) is 12.8. The summed E-state index contributed by atoms with van der Waals surface area (Å²) in [6.45, 7) is 5.99. The van der Waals surface area contributed by atoms with Crippen LogP contribution in [-0.4, -0.2) is 26.6 Å². The van der Waals surface area contributed by atoms with Gasteiger partial charge in [-0.2, -0.15) is 8.42 Å². The van der Waals surface area contributed by atoms with Gasteiger partial charge in [-0.25, -0.2) is 4.79 Å². The van der Waals surface area contributed by atoms with E-state index in [4.69, 9.17) is 8.92 Å². The first-order chi connectivity index (χ1) is 18.9. The molecule has 2 atom stereocenters. The predicted molar refractivity (Wildman–Crippen MR) is 159 cm³/mol. The van der Waals surface area contributed by atoms with E-state index in [1.54, 1.807) is 36.4 Å². The number of ether oxygens (including phenoxy) is 1. The highest BCUT2D eigenvalue weighted by Crippen LogP contribution is 2.22. The summed E-state index contributed by atoms with van der Waals surface area (Å²) >= 11 is 0. The van der Waals surface area contributed by atoms with Gasteiger partial charge in [0.1, 0.15) is 12.2 Å². The molecule has 0 radical (unpaired) electrons. The molecule has 0 bridgehead atoms. The number of aryl methyl sites for hydroxylation is 1. The Hall–Kier alpha value is -2.70. The molecule has 0 spiro atoms. The second kappa shape index (κ2) is 18.6. The van der Waals surface area contributed by atoms with Crippen molar-refractivity contribution in [3.63, 3.8) is 0 Å². The van der Waals surface area contributed by atoms with Gasteiger partial charge >= 0.3 is 5.97 Å². The fraction of sp³-hybridized carbons (Fsp3) is 0.485. The molecule has 0 aliphatic heterocycles. The number of carbonyl (C=O) groups excluding carboxylic acids is 1. The molecule has 214 valence electrons. The fourth-order valence-corrected chi connectivity index (χ4v) is 5.33. The van der Waals surface area contributed by atoms with Crippen molar-refractivity contribution in [1.29, 1.82) is 0 Å². The largest absolute Gasteiger partial charge is 0.456 e. The zero-order valence-electron chi connectivity index (χ0n) is 23.9. The Labute approximate surface area is 236 Å². The van der Waals surface area contributed by atoms with Crippen LogP contribution in [0.25, 0.3) is 0 Å². The van der Waals surface area contributed by atoms with Crippen LogP contribution in [0.5, 0.6) is 0 Å². The van der Waals surface area contributed by atoms with Gasteiger partial charge < -0.3 is 4.74 Å². The van der Waals surface area contributed by atoms with Crippen molar-refractivity contribution in [3.05, 3.63) is 90.0 Å². The highest BCUT2D eigenvalue weighted by molar-refractivity contribution is 7.86. The standard InChI is InChI=1S/C33H46O5S/c1-4-6-7-8-9-10-11-12-13-14-15-16-20-23-32(38-39(35,36)30-26-24-28(3)25-27-30)31(5-2)37-33(34)29-21-18-17-19-22-29/h13-14,16-22,24-27,31-32H,4-12,15,23H2,1-3H3/b14-13-,20-16-/t31-,32-/m0/s1. The molecule has 39 heavy (non-hydrogen) atoms. The zero-order valence-corrected chi connectivity index (χ0v) is 24.7. The highest BCUT2D eigenvalue weighted by atomic mass is 32.2. The summed E-state index contributed by atoms with van der Waals surface area (Å²) in [6, 6.07) is 15.2. The van der Waals surface area contributed by atoms with Crippen LogP contribution in [0.1, 0.15) is 100 Å². The van der Waals surface area contributed by atoms with E-state index in [1.165, 1.54) is 57.1 Å². The predicted octanol–water partition coefficient (Wildman–Crippen LogP) is 8.74. The smallest absolute Gasteiger partial charge is 0.338 e. The van der Waals surface area contributed by atoms with Crippen molar-refractivity contribution < 1.29 is 22.1 Å². The first-order valence-electron chi connectivity index (χ1n) is 14.4. The Balaban J connectivity index is 1.97. The lowest BCUT2D eigenvalue weighted by Crippen LogP contribution is -2.34. The maximum atomic E-state index is 13.1. The summed E-state index contributed by atoms with van der Waals surface area (Å²) in [5, 5.41) is 0. The zero-order chi connectivity index (χ0) is 28.3. The molecule has 6 heteroatoms. The maximum absolute atomic E-state index is 13.1. The molecule has 0 N–H and O–H groups in total. The molecule has 0 aliphatic rings. The number of carbonyl (C=O) groups is 1. The van der Waals surface area contributed by atoms with Crippen molar-refractivity contribution in [2.45, 2.75) is 109 Å². The Morgan fingerprint density at radius 3 is 2.10 bits per heavy atom. The third-order valence-corrected chi connectivity index (χ3v) is 7.94. The van der Waals surface area contributed by atoms with Gasteiger partial charge in [0.15, 0.2) is 0 Å². The van der Waals surface area contributed by atoms with E-state index in [2.05, 4.69) is 19.1 Å². The number of hydrogen-bond donors (Lipinski definition) is 0. The maximum Gasteiger partial charge on any atom is 0.338 e. The van der Waals surface area contributed by atoms with E-state index >= 15 is 0 Å². The van der Waals surface area contributed by atoms with E-state index < -0.39 is 28.3 Å². The average Bonchev–Trinajstić information content (AvgIpc) is 2.94. The molecule has 2 rings (SSSR count). The average molecular weight is 555 g/mol. The lowest BCUT2D eigenvalue weighted by atomic mass is 10.1. The van der Waals surface area contributed by atoms with E-state index in [0.29, 0.717) is 18.4 Å². The molecule has 0 unspecified atom stereocenters. The second-order valence-corrected chi connectivity index (χ2v) is 11.5. The first-order valence-corrected chi connectivity index (χ1v) is 15.8. The summed E-state index contributed by atoms with van der Waals surface area (Å²) in [5.41, 5.74) is 1.37. The van der Waals surface area contributed by atoms with Crippen LogP contribution in [0.4, 0.5) is 0 Å². The van der Waals surface area contributed by atoms with Crippen LogP contribution in [0.15, 0.2) is 83.8 Å². The van der Waals surface area contributed by atoms with E-state index in [0.717, 1.165) is 18.4 Å². The van der Waals surface area contributed by atoms with Crippen LogP contribution in [-0.2, 0) is 19.0 Å². The van der Waals surface area contributed by atoms with Gasteiger partial charge in [0.2, 0.25) is 0 Å². The molecule has 0 saturated heterocycles. The second-order valence-electron chi connectivity index (χ2n) is 9.94. The molecule has 2 aromatic carbocycles. The van der Waals surface area contributed by atoms with Crippen molar-refractivity contribution in [2.75, 3.05) is 0 Å². The number of rotatable bonds is 19. The lowest BCUT2D eigenvalue weighted by molar-refractivity contribution is -0.00841. The quantitative estimate of drug-likeness (QED) is 0.0751. The molecule has 5 nitrogen and oxygen atoms in total. The van der Waals surface area contributed by atoms with Crippen molar-refractivity contribution in [1.82, 2.24) is 0 Å². The molecule has 0 fully saturated rings. The van der Waals surface area contributed by atoms with Gasteiger partial charge in [0.25, 0.3) is 10.1 Å². The SMILES string of the molecule is CCCCCCCCC/C=C\C/C=C\C[C@H](OS(=O)(=O)c1ccc(C)cc1)[C@H](CC)OC(=O)c1ccccc1. The van der Waals surface area contributed by atoms with Crippen LogP contribution >= 0.6 is 0 Å². The van der Waals surface area contributed by atoms with Gasteiger partial charge in [-0.3, -0.25) is 4.18 Å². The van der Waals surface area contributed by atoms with Gasteiger partial charge in [0.05, 0.1) is 10.5 Å². The number of allylic oxidation sites excluding steroid dienone is 3. The van der Waals surface area contributed by atoms with E-state index in [9.17, 15) is 13.2 Å². The fourth-order valence-electron chi connectivity index (χ4n) is 4.22. The molecular weight excluding hydrogens is 508 g/mol. The molecule has 0 aliphatic carbocycles. The molecular formula is C33H46O5S. The third kappa shape index (κ3) is 12.8. The summed E-state index contributed by atoms with van der Waals surface area (Å²) in [7, 11) is -4.04. The summed E-state index contributed by atoms with van der Waals surface area (Å²) in [5.74, 6) is -0.499. The third-order valence-electron chi connectivity index (χ3n) is 6.59. The Bertz CT molecular complexity index is 1100. The minimum atomic E-state index is -4.04. The number of hydrogen-bond acceptors (Lipinski definition) is 5. The van der Waals surface area contributed by atoms with Crippen LogP contribution < -0.4 is 0 Å². The lowest BCUT2D eigenvalue weighted by Gasteiger charge is -2.25. The molecule has 0 saturated carbocycles. The number of esters is 1. The van der Waals surface area contributed by atoms with E-state index in [1.807, 2.05) is 32.1 Å². The van der Waals surface area contributed by atoms with Crippen molar-refractivity contribution >= 4 is 16.1 Å². The van der Waals surface area contributed by atoms with Crippen LogP contribution in [0, 0.1) is 6.92 Å². The molecule has 2 aromatic rings. The van der Waals surface area contributed by atoms with Crippen molar-refractivity contribution in [2.24, 2.45) is 0 Å². The summed E-state index contributed by atoms with van der Waals surface area (Å²) < 4.78 is 37.6.